The van der Waals surface area contributed by atoms with Crippen LogP contribution in [-0.4, -0.2) is 6.54 Å². The molecule has 2 aromatic rings. The van der Waals surface area contributed by atoms with E-state index in [4.69, 9.17) is 23.2 Å². The summed E-state index contributed by atoms with van der Waals surface area (Å²) in [4.78, 5) is 0. The Morgan fingerprint density at radius 1 is 1.19 bits per heavy atom. The Morgan fingerprint density at radius 2 is 1.90 bits per heavy atom. The third-order valence-corrected chi connectivity index (χ3v) is 4.73. The van der Waals surface area contributed by atoms with Gasteiger partial charge in [0, 0.05) is 15.1 Å². The highest BCUT2D eigenvalue weighted by Crippen LogP contribution is 2.33. The van der Waals surface area contributed by atoms with Crippen molar-refractivity contribution in [3.8, 4) is 0 Å². The summed E-state index contributed by atoms with van der Waals surface area (Å²) in [5, 5.41) is 4.46. The summed E-state index contributed by atoms with van der Waals surface area (Å²) in [6, 6.07) is 8.39. The van der Waals surface area contributed by atoms with E-state index in [9.17, 15) is 4.39 Å². The topological polar surface area (TPSA) is 12.0 Å². The first-order valence-electron chi connectivity index (χ1n) is 6.58. The van der Waals surface area contributed by atoms with Crippen LogP contribution in [0.15, 0.2) is 34.8 Å². The van der Waals surface area contributed by atoms with Gasteiger partial charge in [-0.3, -0.25) is 0 Å². The van der Waals surface area contributed by atoms with E-state index < -0.39 is 0 Å². The summed E-state index contributed by atoms with van der Waals surface area (Å²) in [6.45, 7) is 4.65. The van der Waals surface area contributed by atoms with Crippen LogP contribution in [0.3, 0.4) is 0 Å². The van der Waals surface area contributed by atoms with E-state index in [2.05, 4.69) is 21.2 Å². The van der Waals surface area contributed by atoms with Crippen LogP contribution >= 0.6 is 39.1 Å². The maximum absolute atomic E-state index is 14.3. The monoisotopic (exact) mass is 389 g/mol. The molecule has 21 heavy (non-hydrogen) atoms. The SMILES string of the molecule is CCNC(c1ccc(Cl)cc1C)c1cc(Cl)c(Br)cc1F. The molecule has 0 fully saturated rings. The summed E-state index contributed by atoms with van der Waals surface area (Å²) in [5.74, 6) is -0.299. The number of rotatable bonds is 4. The zero-order chi connectivity index (χ0) is 15.6. The molecule has 112 valence electrons. The highest BCUT2D eigenvalue weighted by Gasteiger charge is 2.20. The molecule has 2 rings (SSSR count). The standard InChI is InChI=1S/C16H15BrCl2FN/c1-3-21-16(11-5-4-10(18)6-9(11)2)12-7-14(19)13(17)8-15(12)20/h4-8,16,21H,3H2,1-2H3. The largest absolute Gasteiger partial charge is 0.306 e. The molecule has 0 radical (unpaired) electrons. The van der Waals surface area contributed by atoms with Gasteiger partial charge in [-0.25, -0.2) is 4.39 Å². The molecule has 2 aromatic carbocycles. The van der Waals surface area contributed by atoms with Crippen molar-refractivity contribution in [3.63, 3.8) is 0 Å². The maximum Gasteiger partial charge on any atom is 0.129 e. The Labute approximate surface area is 142 Å². The molecule has 0 saturated carbocycles. The fourth-order valence-electron chi connectivity index (χ4n) is 2.31. The fourth-order valence-corrected chi connectivity index (χ4v) is 3.03. The summed E-state index contributed by atoms with van der Waals surface area (Å²) >= 11 is 15.4. The van der Waals surface area contributed by atoms with Crippen LogP contribution in [0.2, 0.25) is 10.0 Å². The van der Waals surface area contributed by atoms with Crippen molar-refractivity contribution in [1.82, 2.24) is 5.32 Å². The van der Waals surface area contributed by atoms with Gasteiger partial charge in [0.05, 0.1) is 11.1 Å². The lowest BCUT2D eigenvalue weighted by atomic mass is 9.94. The van der Waals surface area contributed by atoms with E-state index in [1.54, 1.807) is 6.07 Å². The number of halogens is 4. The molecule has 1 atom stereocenters. The lowest BCUT2D eigenvalue weighted by molar-refractivity contribution is 0.557. The zero-order valence-electron chi connectivity index (χ0n) is 11.7. The lowest BCUT2D eigenvalue weighted by Gasteiger charge is -2.22. The van der Waals surface area contributed by atoms with Crippen molar-refractivity contribution >= 4 is 39.1 Å². The molecule has 1 unspecified atom stereocenters. The van der Waals surface area contributed by atoms with Crippen LogP contribution in [-0.2, 0) is 0 Å². The fraction of sp³-hybridized carbons (Fsp3) is 0.250. The Morgan fingerprint density at radius 3 is 2.52 bits per heavy atom. The molecule has 0 amide bonds. The molecule has 0 saturated heterocycles. The van der Waals surface area contributed by atoms with E-state index in [0.717, 1.165) is 11.1 Å². The smallest absolute Gasteiger partial charge is 0.129 e. The van der Waals surface area contributed by atoms with Crippen LogP contribution in [0.1, 0.15) is 29.7 Å². The molecule has 0 bridgehead atoms. The Hall–Kier alpha value is -0.610. The van der Waals surface area contributed by atoms with Gasteiger partial charge in [-0.1, -0.05) is 36.2 Å². The molecule has 0 spiro atoms. The summed E-state index contributed by atoms with van der Waals surface area (Å²) in [5.41, 5.74) is 2.51. The van der Waals surface area contributed by atoms with Crippen molar-refractivity contribution in [2.24, 2.45) is 0 Å². The normalized spacial score (nSPS) is 12.5. The molecule has 1 nitrogen and oxygen atoms in total. The molecule has 0 aliphatic carbocycles. The first-order valence-corrected chi connectivity index (χ1v) is 8.12. The van der Waals surface area contributed by atoms with Gasteiger partial charge in [0.2, 0.25) is 0 Å². The van der Waals surface area contributed by atoms with E-state index in [1.165, 1.54) is 6.07 Å². The Balaban J connectivity index is 2.55. The molecular formula is C16H15BrCl2FN. The third-order valence-electron chi connectivity index (χ3n) is 3.30. The van der Waals surface area contributed by atoms with Crippen LogP contribution < -0.4 is 5.32 Å². The van der Waals surface area contributed by atoms with E-state index in [0.29, 0.717) is 26.6 Å². The van der Waals surface area contributed by atoms with Crippen LogP contribution in [0, 0.1) is 12.7 Å². The molecule has 0 heterocycles. The summed E-state index contributed by atoms with van der Waals surface area (Å²) in [7, 11) is 0. The number of hydrogen-bond acceptors (Lipinski definition) is 1. The lowest BCUT2D eigenvalue weighted by Crippen LogP contribution is -2.23. The maximum atomic E-state index is 14.3. The van der Waals surface area contributed by atoms with Crippen LogP contribution in [0.25, 0.3) is 0 Å². The van der Waals surface area contributed by atoms with Gasteiger partial charge in [-0.05, 0) is 64.8 Å². The molecular weight excluding hydrogens is 376 g/mol. The predicted molar refractivity (Wildman–Crippen MR) is 90.8 cm³/mol. The van der Waals surface area contributed by atoms with E-state index in [-0.39, 0.29) is 11.9 Å². The Bertz CT molecular complexity index is 661. The van der Waals surface area contributed by atoms with Crippen molar-refractivity contribution in [2.75, 3.05) is 6.54 Å². The van der Waals surface area contributed by atoms with Crippen LogP contribution in [0.5, 0.6) is 0 Å². The second-order valence-electron chi connectivity index (χ2n) is 4.78. The Kier molecular flexibility index (Phi) is 5.67. The highest BCUT2D eigenvalue weighted by atomic mass is 79.9. The molecule has 0 aliphatic rings. The van der Waals surface area contributed by atoms with Crippen LogP contribution in [0.4, 0.5) is 4.39 Å². The minimum absolute atomic E-state index is 0.266. The first-order chi connectivity index (χ1) is 9.93. The molecule has 0 aliphatic heterocycles. The molecule has 5 heteroatoms. The number of aryl methyl sites for hydroxylation is 1. The summed E-state index contributed by atoms with van der Waals surface area (Å²) in [6.07, 6.45) is 0. The minimum atomic E-state index is -0.299. The number of nitrogens with one attached hydrogen (secondary N) is 1. The van der Waals surface area contributed by atoms with Gasteiger partial charge in [0.25, 0.3) is 0 Å². The van der Waals surface area contributed by atoms with Gasteiger partial charge in [0.15, 0.2) is 0 Å². The van der Waals surface area contributed by atoms with Gasteiger partial charge < -0.3 is 5.32 Å². The van der Waals surface area contributed by atoms with E-state index >= 15 is 0 Å². The molecule has 0 aromatic heterocycles. The van der Waals surface area contributed by atoms with Crippen molar-refractivity contribution in [1.29, 1.82) is 0 Å². The van der Waals surface area contributed by atoms with Crippen molar-refractivity contribution in [3.05, 3.63) is 67.4 Å². The van der Waals surface area contributed by atoms with Crippen molar-refractivity contribution in [2.45, 2.75) is 19.9 Å². The highest BCUT2D eigenvalue weighted by molar-refractivity contribution is 9.10. The summed E-state index contributed by atoms with van der Waals surface area (Å²) < 4.78 is 14.9. The number of benzene rings is 2. The second kappa shape index (κ2) is 7.10. The van der Waals surface area contributed by atoms with Gasteiger partial charge in [-0.2, -0.15) is 0 Å². The van der Waals surface area contributed by atoms with Gasteiger partial charge in [-0.15, -0.1) is 0 Å². The van der Waals surface area contributed by atoms with Gasteiger partial charge >= 0.3 is 0 Å². The first kappa shape index (κ1) is 16.8. The molecule has 1 N–H and O–H groups in total. The zero-order valence-corrected chi connectivity index (χ0v) is 14.8. The minimum Gasteiger partial charge on any atom is -0.306 e. The number of hydrogen-bond donors (Lipinski definition) is 1. The quantitative estimate of drug-likeness (QED) is 0.640. The second-order valence-corrected chi connectivity index (χ2v) is 6.48. The van der Waals surface area contributed by atoms with Gasteiger partial charge in [0.1, 0.15) is 5.82 Å². The van der Waals surface area contributed by atoms with Crippen molar-refractivity contribution < 1.29 is 4.39 Å². The predicted octanol–water partition coefficient (Wildman–Crippen LogP) is 5.90. The average Bonchev–Trinajstić information content (AvgIpc) is 2.41. The van der Waals surface area contributed by atoms with E-state index in [1.807, 2.05) is 32.0 Å². The third kappa shape index (κ3) is 3.78. The average molecular weight is 391 g/mol.